The average Bonchev–Trinajstić information content (AvgIpc) is 2.46. The molecule has 1 aliphatic rings. The van der Waals surface area contributed by atoms with Gasteiger partial charge in [0, 0.05) is 0 Å². The highest BCUT2D eigenvalue weighted by atomic mass is 16.5. The van der Waals surface area contributed by atoms with Gasteiger partial charge in [-0.2, -0.15) is 0 Å². The van der Waals surface area contributed by atoms with E-state index in [-0.39, 0.29) is 6.10 Å². The van der Waals surface area contributed by atoms with Crippen molar-refractivity contribution in [2.24, 2.45) is 0 Å². The molecule has 2 aromatic rings. The molecular weight excluding hydrogens is 238 g/mol. The number of methoxy groups -OCH3 is 1. The Kier molecular flexibility index (Phi) is 3.03. The third-order valence-corrected chi connectivity index (χ3v) is 3.35. The van der Waals surface area contributed by atoms with Gasteiger partial charge in [-0.3, -0.25) is 0 Å². The van der Waals surface area contributed by atoms with E-state index in [0.717, 1.165) is 29.3 Å². The van der Waals surface area contributed by atoms with Crippen molar-refractivity contribution in [3.63, 3.8) is 0 Å². The zero-order chi connectivity index (χ0) is 13.2. The molecule has 2 aromatic carbocycles. The van der Waals surface area contributed by atoms with Crippen LogP contribution in [0.5, 0.6) is 11.5 Å². The zero-order valence-electron chi connectivity index (χ0n) is 11.1. The molecular formula is C16H17NO2. The van der Waals surface area contributed by atoms with Crippen LogP contribution in [0.25, 0.3) is 0 Å². The predicted molar refractivity (Wildman–Crippen MR) is 76.0 cm³/mol. The summed E-state index contributed by atoms with van der Waals surface area (Å²) in [6.07, 6.45) is 0.0188. The van der Waals surface area contributed by atoms with E-state index < -0.39 is 0 Å². The van der Waals surface area contributed by atoms with Crippen molar-refractivity contribution in [3.05, 3.63) is 53.6 Å². The molecule has 1 unspecified atom stereocenters. The lowest BCUT2D eigenvalue weighted by atomic mass is 10.1. The van der Waals surface area contributed by atoms with E-state index in [9.17, 15) is 0 Å². The van der Waals surface area contributed by atoms with Crippen LogP contribution in [0.1, 0.15) is 17.2 Å². The van der Waals surface area contributed by atoms with Crippen LogP contribution in [0.3, 0.4) is 0 Å². The molecule has 3 rings (SSSR count). The zero-order valence-corrected chi connectivity index (χ0v) is 11.1. The number of anilines is 1. The first-order valence-electron chi connectivity index (χ1n) is 6.41. The third kappa shape index (κ3) is 2.36. The number of hydrogen-bond donors (Lipinski definition) is 1. The molecule has 1 heterocycles. The van der Waals surface area contributed by atoms with Gasteiger partial charge in [0.15, 0.2) is 0 Å². The van der Waals surface area contributed by atoms with E-state index in [1.165, 1.54) is 5.56 Å². The molecule has 1 atom stereocenters. The molecule has 3 heteroatoms. The maximum absolute atomic E-state index is 6.05. The molecule has 1 aliphatic heterocycles. The lowest BCUT2D eigenvalue weighted by molar-refractivity contribution is 0.210. The maximum atomic E-state index is 6.05. The Balaban J connectivity index is 1.86. The van der Waals surface area contributed by atoms with Gasteiger partial charge in [-0.25, -0.2) is 0 Å². The Labute approximate surface area is 113 Å². The fraction of sp³-hybridized carbons (Fsp3) is 0.250. The van der Waals surface area contributed by atoms with Crippen LogP contribution in [0.2, 0.25) is 0 Å². The quantitative estimate of drug-likeness (QED) is 0.890. The minimum Gasteiger partial charge on any atom is -0.497 e. The normalized spacial score (nSPS) is 17.1. The molecule has 98 valence electrons. The number of benzene rings is 2. The Bertz CT molecular complexity index is 595. The molecule has 0 aliphatic carbocycles. The SMILES string of the molecule is COc1cccc(C2CNc3cc(C)ccc3O2)c1. The van der Waals surface area contributed by atoms with E-state index >= 15 is 0 Å². The van der Waals surface area contributed by atoms with Crippen LogP contribution < -0.4 is 14.8 Å². The smallest absolute Gasteiger partial charge is 0.143 e. The highest BCUT2D eigenvalue weighted by Gasteiger charge is 2.21. The van der Waals surface area contributed by atoms with Crippen LogP contribution in [0, 0.1) is 6.92 Å². The fourth-order valence-electron chi connectivity index (χ4n) is 2.31. The first-order chi connectivity index (χ1) is 9.26. The molecule has 0 amide bonds. The highest BCUT2D eigenvalue weighted by Crippen LogP contribution is 2.35. The summed E-state index contributed by atoms with van der Waals surface area (Å²) in [4.78, 5) is 0. The van der Waals surface area contributed by atoms with Crippen LogP contribution in [0.15, 0.2) is 42.5 Å². The molecule has 0 bridgehead atoms. The minimum atomic E-state index is 0.0188. The lowest BCUT2D eigenvalue weighted by Crippen LogP contribution is -2.23. The van der Waals surface area contributed by atoms with Crippen LogP contribution in [0.4, 0.5) is 5.69 Å². The third-order valence-electron chi connectivity index (χ3n) is 3.35. The summed E-state index contributed by atoms with van der Waals surface area (Å²) < 4.78 is 11.3. The van der Waals surface area contributed by atoms with Crippen molar-refractivity contribution in [1.82, 2.24) is 0 Å². The highest BCUT2D eigenvalue weighted by molar-refractivity contribution is 5.59. The van der Waals surface area contributed by atoms with Crippen molar-refractivity contribution in [1.29, 1.82) is 0 Å². The van der Waals surface area contributed by atoms with Crippen molar-refractivity contribution in [2.45, 2.75) is 13.0 Å². The van der Waals surface area contributed by atoms with Gasteiger partial charge in [-0.15, -0.1) is 0 Å². The van der Waals surface area contributed by atoms with Crippen LogP contribution in [-0.2, 0) is 0 Å². The van der Waals surface area contributed by atoms with Gasteiger partial charge in [-0.1, -0.05) is 18.2 Å². The van der Waals surface area contributed by atoms with Crippen LogP contribution in [-0.4, -0.2) is 13.7 Å². The van der Waals surface area contributed by atoms with Crippen molar-refractivity contribution >= 4 is 5.69 Å². The summed E-state index contributed by atoms with van der Waals surface area (Å²) in [6, 6.07) is 14.2. The second-order valence-corrected chi connectivity index (χ2v) is 4.76. The predicted octanol–water partition coefficient (Wildman–Crippen LogP) is 3.55. The molecule has 0 spiro atoms. The van der Waals surface area contributed by atoms with Crippen molar-refractivity contribution in [3.8, 4) is 11.5 Å². The first-order valence-corrected chi connectivity index (χ1v) is 6.41. The number of hydrogen-bond acceptors (Lipinski definition) is 3. The number of rotatable bonds is 2. The summed E-state index contributed by atoms with van der Waals surface area (Å²) in [7, 11) is 1.68. The number of nitrogens with one attached hydrogen (secondary N) is 1. The van der Waals surface area contributed by atoms with E-state index in [0.29, 0.717) is 0 Å². The standard InChI is InChI=1S/C16H17NO2/c1-11-6-7-15-14(8-11)17-10-16(19-15)12-4-3-5-13(9-12)18-2/h3-9,16-17H,10H2,1-2H3. The molecule has 3 nitrogen and oxygen atoms in total. The van der Waals surface area contributed by atoms with E-state index in [2.05, 4.69) is 30.4 Å². The summed E-state index contributed by atoms with van der Waals surface area (Å²) >= 11 is 0. The van der Waals surface area contributed by atoms with Gasteiger partial charge in [-0.05, 0) is 42.3 Å². The van der Waals surface area contributed by atoms with Gasteiger partial charge in [0.05, 0.1) is 19.3 Å². The maximum Gasteiger partial charge on any atom is 0.143 e. The van der Waals surface area contributed by atoms with Crippen molar-refractivity contribution in [2.75, 3.05) is 19.0 Å². The van der Waals surface area contributed by atoms with Gasteiger partial charge in [0.25, 0.3) is 0 Å². The second-order valence-electron chi connectivity index (χ2n) is 4.76. The molecule has 0 fully saturated rings. The molecule has 0 saturated heterocycles. The van der Waals surface area contributed by atoms with E-state index in [4.69, 9.17) is 9.47 Å². The van der Waals surface area contributed by atoms with Gasteiger partial charge < -0.3 is 14.8 Å². The summed E-state index contributed by atoms with van der Waals surface area (Å²) in [5.41, 5.74) is 3.42. The monoisotopic (exact) mass is 255 g/mol. The Morgan fingerprint density at radius 3 is 2.95 bits per heavy atom. The lowest BCUT2D eigenvalue weighted by Gasteiger charge is -2.28. The largest absolute Gasteiger partial charge is 0.497 e. The molecule has 0 saturated carbocycles. The van der Waals surface area contributed by atoms with Crippen molar-refractivity contribution < 1.29 is 9.47 Å². The van der Waals surface area contributed by atoms with Gasteiger partial charge >= 0.3 is 0 Å². The van der Waals surface area contributed by atoms with E-state index in [1.807, 2.05) is 24.3 Å². The Morgan fingerprint density at radius 1 is 1.21 bits per heavy atom. The number of fused-ring (bicyclic) bond motifs is 1. The Morgan fingerprint density at radius 2 is 2.11 bits per heavy atom. The molecule has 1 N–H and O–H groups in total. The molecule has 0 aromatic heterocycles. The van der Waals surface area contributed by atoms with E-state index in [1.54, 1.807) is 7.11 Å². The summed E-state index contributed by atoms with van der Waals surface area (Å²) in [5.74, 6) is 1.76. The summed E-state index contributed by atoms with van der Waals surface area (Å²) in [6.45, 7) is 2.85. The number of ether oxygens (including phenoxy) is 2. The fourth-order valence-corrected chi connectivity index (χ4v) is 2.31. The second kappa shape index (κ2) is 4.84. The average molecular weight is 255 g/mol. The first kappa shape index (κ1) is 11.9. The Hall–Kier alpha value is -2.16. The minimum absolute atomic E-state index is 0.0188. The topological polar surface area (TPSA) is 30.5 Å². The molecule has 19 heavy (non-hydrogen) atoms. The number of aryl methyl sites for hydroxylation is 1. The van der Waals surface area contributed by atoms with Gasteiger partial charge in [0.2, 0.25) is 0 Å². The molecule has 0 radical (unpaired) electrons. The van der Waals surface area contributed by atoms with Crippen LogP contribution >= 0.6 is 0 Å². The van der Waals surface area contributed by atoms with Gasteiger partial charge in [0.1, 0.15) is 17.6 Å². The summed E-state index contributed by atoms with van der Waals surface area (Å²) in [5, 5.41) is 3.42.